The van der Waals surface area contributed by atoms with Gasteiger partial charge < -0.3 is 4.74 Å². The highest BCUT2D eigenvalue weighted by atomic mass is 16.7. The van der Waals surface area contributed by atoms with Gasteiger partial charge in [-0.15, -0.1) is 0 Å². The molecule has 1 unspecified atom stereocenters. The Balaban J connectivity index is 2.08. The summed E-state index contributed by atoms with van der Waals surface area (Å²) in [4.78, 5) is 5.36. The molecule has 1 aromatic carbocycles. The molecule has 2 rings (SSSR count). The van der Waals surface area contributed by atoms with Gasteiger partial charge in [0.05, 0.1) is 18.9 Å². The highest BCUT2D eigenvalue weighted by molar-refractivity contribution is 5.25. The van der Waals surface area contributed by atoms with Gasteiger partial charge in [-0.25, -0.2) is 0 Å². The molecule has 5 heteroatoms. The van der Waals surface area contributed by atoms with Crippen LogP contribution >= 0.6 is 0 Å². The molecule has 2 aromatic rings. The summed E-state index contributed by atoms with van der Waals surface area (Å²) in [5, 5.41) is 5.89. The van der Waals surface area contributed by atoms with Crippen molar-refractivity contribution in [1.82, 2.24) is 14.8 Å². The number of aryl methyl sites for hydroxylation is 1. The summed E-state index contributed by atoms with van der Waals surface area (Å²) in [6.45, 7) is 1.04. The zero-order valence-corrected chi connectivity index (χ0v) is 12.2. The lowest BCUT2D eigenvalue weighted by Gasteiger charge is -2.19. The number of rotatable bonds is 7. The van der Waals surface area contributed by atoms with Crippen molar-refractivity contribution in [3.8, 4) is 0 Å². The van der Waals surface area contributed by atoms with Gasteiger partial charge >= 0.3 is 0 Å². The fourth-order valence-corrected chi connectivity index (χ4v) is 2.01. The molecule has 108 valence electrons. The molecule has 0 aliphatic rings. The lowest BCUT2D eigenvalue weighted by atomic mass is 10.1. The summed E-state index contributed by atoms with van der Waals surface area (Å²) < 4.78 is 7.83. The second kappa shape index (κ2) is 7.19. The second-order valence-corrected chi connectivity index (χ2v) is 4.69. The minimum Gasteiger partial charge on any atom is -0.365 e. The summed E-state index contributed by atoms with van der Waals surface area (Å²) in [5.41, 5.74) is 2.14. The van der Waals surface area contributed by atoms with E-state index in [1.807, 2.05) is 50.1 Å². The first-order valence-electron chi connectivity index (χ1n) is 6.63. The topological polar surface area (TPSA) is 39.5 Å². The van der Waals surface area contributed by atoms with Gasteiger partial charge in [0, 0.05) is 27.3 Å². The van der Waals surface area contributed by atoms with Gasteiger partial charge in [-0.1, -0.05) is 30.3 Å². The van der Waals surface area contributed by atoms with Crippen LogP contribution in [-0.4, -0.2) is 42.2 Å². The average Bonchev–Trinajstić information content (AvgIpc) is 2.86. The van der Waals surface area contributed by atoms with E-state index in [9.17, 15) is 0 Å². The number of aromatic nitrogens is 2. The molecule has 0 saturated heterocycles. The SMILES string of the molecule is CN(C)OCCOC(c1ccccc1)c1ccnn1C. The largest absolute Gasteiger partial charge is 0.365 e. The first kappa shape index (κ1) is 14.7. The van der Waals surface area contributed by atoms with Gasteiger partial charge in [-0.3, -0.25) is 9.52 Å². The Kier molecular flexibility index (Phi) is 5.29. The van der Waals surface area contributed by atoms with Crippen molar-refractivity contribution in [2.45, 2.75) is 6.10 Å². The molecule has 0 radical (unpaired) electrons. The maximum atomic E-state index is 5.99. The van der Waals surface area contributed by atoms with Crippen LogP contribution in [0.15, 0.2) is 42.6 Å². The van der Waals surface area contributed by atoms with Crippen molar-refractivity contribution in [2.75, 3.05) is 27.3 Å². The van der Waals surface area contributed by atoms with Crippen LogP contribution in [0.25, 0.3) is 0 Å². The highest BCUT2D eigenvalue weighted by Crippen LogP contribution is 2.25. The third kappa shape index (κ3) is 3.90. The van der Waals surface area contributed by atoms with E-state index >= 15 is 0 Å². The van der Waals surface area contributed by atoms with Gasteiger partial charge in [0.2, 0.25) is 0 Å². The Morgan fingerprint density at radius 3 is 2.50 bits per heavy atom. The Morgan fingerprint density at radius 2 is 1.90 bits per heavy atom. The highest BCUT2D eigenvalue weighted by Gasteiger charge is 2.17. The van der Waals surface area contributed by atoms with Crippen LogP contribution in [0.5, 0.6) is 0 Å². The summed E-state index contributed by atoms with van der Waals surface area (Å²) in [6, 6.07) is 12.1. The normalized spacial score (nSPS) is 12.8. The van der Waals surface area contributed by atoms with Crippen molar-refractivity contribution in [2.24, 2.45) is 7.05 Å². The average molecular weight is 275 g/mol. The number of hydrogen-bond donors (Lipinski definition) is 0. The maximum Gasteiger partial charge on any atom is 0.124 e. The number of nitrogens with zero attached hydrogens (tertiary/aromatic N) is 3. The van der Waals surface area contributed by atoms with E-state index in [4.69, 9.17) is 9.57 Å². The van der Waals surface area contributed by atoms with Gasteiger partial charge in [0.15, 0.2) is 0 Å². The first-order valence-corrected chi connectivity index (χ1v) is 6.63. The molecule has 0 fully saturated rings. The molecule has 0 aliphatic heterocycles. The summed E-state index contributed by atoms with van der Waals surface area (Å²) >= 11 is 0. The van der Waals surface area contributed by atoms with E-state index in [0.29, 0.717) is 13.2 Å². The predicted molar refractivity (Wildman–Crippen MR) is 77.1 cm³/mol. The Hall–Kier alpha value is -1.69. The van der Waals surface area contributed by atoms with Crippen LogP contribution in [0.2, 0.25) is 0 Å². The Bertz CT molecular complexity index is 511. The van der Waals surface area contributed by atoms with E-state index in [0.717, 1.165) is 11.3 Å². The van der Waals surface area contributed by atoms with Crippen molar-refractivity contribution in [3.05, 3.63) is 53.9 Å². The molecule has 0 amide bonds. The molecule has 0 spiro atoms. The minimum atomic E-state index is -0.130. The van der Waals surface area contributed by atoms with Gasteiger partial charge in [-0.05, 0) is 11.6 Å². The monoisotopic (exact) mass is 275 g/mol. The van der Waals surface area contributed by atoms with E-state index in [1.54, 1.807) is 11.3 Å². The van der Waals surface area contributed by atoms with Crippen LogP contribution < -0.4 is 0 Å². The van der Waals surface area contributed by atoms with Crippen LogP contribution in [-0.2, 0) is 16.6 Å². The van der Waals surface area contributed by atoms with E-state index in [-0.39, 0.29) is 6.10 Å². The molecular weight excluding hydrogens is 254 g/mol. The van der Waals surface area contributed by atoms with Crippen molar-refractivity contribution < 1.29 is 9.57 Å². The third-order valence-electron chi connectivity index (χ3n) is 2.95. The van der Waals surface area contributed by atoms with E-state index in [1.165, 1.54) is 0 Å². The van der Waals surface area contributed by atoms with Crippen molar-refractivity contribution >= 4 is 0 Å². The van der Waals surface area contributed by atoms with Gasteiger partial charge in [0.25, 0.3) is 0 Å². The standard InChI is InChI=1S/C15H21N3O2/c1-17(2)20-12-11-19-15(13-7-5-4-6-8-13)14-9-10-16-18(14)3/h4-10,15H,11-12H2,1-3H3. The molecular formula is C15H21N3O2. The second-order valence-electron chi connectivity index (χ2n) is 4.69. The minimum absolute atomic E-state index is 0.130. The van der Waals surface area contributed by atoms with Gasteiger partial charge in [0.1, 0.15) is 6.10 Å². The maximum absolute atomic E-state index is 5.99. The molecule has 1 aromatic heterocycles. The van der Waals surface area contributed by atoms with Crippen LogP contribution in [0.3, 0.4) is 0 Å². The smallest absolute Gasteiger partial charge is 0.124 e. The number of benzene rings is 1. The van der Waals surface area contributed by atoms with Crippen molar-refractivity contribution in [1.29, 1.82) is 0 Å². The molecule has 5 nitrogen and oxygen atoms in total. The Labute approximate surface area is 119 Å². The van der Waals surface area contributed by atoms with Crippen LogP contribution in [0.4, 0.5) is 0 Å². The summed E-state index contributed by atoms with van der Waals surface area (Å²) in [7, 11) is 5.64. The van der Waals surface area contributed by atoms with Crippen molar-refractivity contribution in [3.63, 3.8) is 0 Å². The fraction of sp³-hybridized carbons (Fsp3) is 0.400. The van der Waals surface area contributed by atoms with Gasteiger partial charge in [-0.2, -0.15) is 10.2 Å². The number of hydroxylamine groups is 2. The number of hydrogen-bond acceptors (Lipinski definition) is 4. The molecule has 1 heterocycles. The van der Waals surface area contributed by atoms with Crippen LogP contribution in [0, 0.1) is 0 Å². The van der Waals surface area contributed by atoms with Crippen LogP contribution in [0.1, 0.15) is 17.4 Å². The lowest BCUT2D eigenvalue weighted by Crippen LogP contribution is -2.19. The predicted octanol–water partition coefficient (Wildman–Crippen LogP) is 2.02. The zero-order chi connectivity index (χ0) is 14.4. The Morgan fingerprint density at radius 1 is 1.15 bits per heavy atom. The molecule has 20 heavy (non-hydrogen) atoms. The number of ether oxygens (including phenoxy) is 1. The molecule has 0 aliphatic carbocycles. The zero-order valence-electron chi connectivity index (χ0n) is 12.2. The lowest BCUT2D eigenvalue weighted by molar-refractivity contribution is -0.138. The summed E-state index contributed by atoms with van der Waals surface area (Å²) in [6.07, 6.45) is 1.65. The molecule has 1 atom stereocenters. The summed E-state index contributed by atoms with van der Waals surface area (Å²) in [5.74, 6) is 0. The quantitative estimate of drug-likeness (QED) is 0.572. The third-order valence-corrected chi connectivity index (χ3v) is 2.95. The molecule has 0 bridgehead atoms. The van der Waals surface area contributed by atoms with E-state index in [2.05, 4.69) is 17.2 Å². The fourth-order valence-electron chi connectivity index (χ4n) is 2.01. The van der Waals surface area contributed by atoms with E-state index < -0.39 is 0 Å². The first-order chi connectivity index (χ1) is 9.68. The molecule has 0 N–H and O–H groups in total. The molecule has 0 saturated carbocycles.